The Morgan fingerprint density at radius 2 is 2.10 bits per heavy atom. The van der Waals surface area contributed by atoms with Crippen molar-refractivity contribution in [1.82, 2.24) is 10.0 Å². The maximum Gasteiger partial charge on any atom is 0.242 e. The Balaban J connectivity index is 2.29. The van der Waals surface area contributed by atoms with Gasteiger partial charge in [-0.1, -0.05) is 23.2 Å². The molecule has 0 spiro atoms. The van der Waals surface area contributed by atoms with E-state index in [0.717, 1.165) is 19.5 Å². The first-order chi connectivity index (χ1) is 9.33. The van der Waals surface area contributed by atoms with Crippen LogP contribution < -0.4 is 10.0 Å². The van der Waals surface area contributed by atoms with Gasteiger partial charge in [-0.3, -0.25) is 0 Å². The Morgan fingerprint density at radius 3 is 2.70 bits per heavy atom. The quantitative estimate of drug-likeness (QED) is 0.888. The first-order valence-corrected chi connectivity index (χ1v) is 8.72. The van der Waals surface area contributed by atoms with Crippen LogP contribution in [0.15, 0.2) is 11.0 Å². The highest BCUT2D eigenvalue weighted by atomic mass is 35.5. The molecule has 20 heavy (non-hydrogen) atoms. The van der Waals surface area contributed by atoms with Crippen LogP contribution >= 0.6 is 23.2 Å². The minimum Gasteiger partial charge on any atom is -0.316 e. The fourth-order valence-corrected chi connectivity index (χ4v) is 4.65. The minimum absolute atomic E-state index is 0.0927. The number of aryl methyl sites for hydroxylation is 1. The largest absolute Gasteiger partial charge is 0.316 e. The monoisotopic (exact) mass is 336 g/mol. The molecule has 0 bridgehead atoms. The Bertz CT molecular complexity index is 585. The molecule has 1 atom stereocenters. The van der Waals surface area contributed by atoms with Crippen LogP contribution in [-0.2, 0) is 10.0 Å². The Labute approximate surface area is 129 Å². The van der Waals surface area contributed by atoms with Crippen LogP contribution in [0.1, 0.15) is 17.5 Å². The normalized spacial score (nSPS) is 19.5. The molecular formula is C13H18Cl2N2O2S. The summed E-state index contributed by atoms with van der Waals surface area (Å²) in [4.78, 5) is 0.0927. The third-order valence-corrected chi connectivity index (χ3v) is 6.17. The third-order valence-electron chi connectivity index (χ3n) is 3.58. The van der Waals surface area contributed by atoms with Crippen molar-refractivity contribution in [3.8, 4) is 0 Å². The molecule has 1 unspecified atom stereocenters. The lowest BCUT2D eigenvalue weighted by Crippen LogP contribution is -2.31. The molecule has 0 aliphatic carbocycles. The van der Waals surface area contributed by atoms with E-state index >= 15 is 0 Å². The Hall–Kier alpha value is -0.330. The topological polar surface area (TPSA) is 58.2 Å². The van der Waals surface area contributed by atoms with E-state index in [0.29, 0.717) is 28.6 Å². The van der Waals surface area contributed by atoms with E-state index in [1.54, 1.807) is 19.9 Å². The van der Waals surface area contributed by atoms with Crippen molar-refractivity contribution in [1.29, 1.82) is 0 Å². The van der Waals surface area contributed by atoms with Crippen LogP contribution in [0.2, 0.25) is 10.0 Å². The first-order valence-electron chi connectivity index (χ1n) is 6.48. The average Bonchev–Trinajstić information content (AvgIpc) is 2.87. The number of sulfonamides is 1. The van der Waals surface area contributed by atoms with Crippen molar-refractivity contribution in [3.63, 3.8) is 0 Å². The second kappa shape index (κ2) is 6.20. The molecule has 1 saturated heterocycles. The van der Waals surface area contributed by atoms with Crippen LogP contribution in [0, 0.1) is 19.8 Å². The molecular weight excluding hydrogens is 319 g/mol. The van der Waals surface area contributed by atoms with E-state index in [1.807, 2.05) is 0 Å². The van der Waals surface area contributed by atoms with Gasteiger partial charge < -0.3 is 5.32 Å². The van der Waals surface area contributed by atoms with Gasteiger partial charge in [0, 0.05) is 11.6 Å². The van der Waals surface area contributed by atoms with Gasteiger partial charge in [-0.25, -0.2) is 13.1 Å². The van der Waals surface area contributed by atoms with Gasteiger partial charge in [-0.15, -0.1) is 0 Å². The van der Waals surface area contributed by atoms with Gasteiger partial charge in [-0.05, 0) is 56.5 Å². The summed E-state index contributed by atoms with van der Waals surface area (Å²) in [6.07, 6.45) is 0.976. The molecule has 1 aromatic rings. The maximum absolute atomic E-state index is 12.5. The number of nitrogens with one attached hydrogen (secondary N) is 2. The van der Waals surface area contributed by atoms with Gasteiger partial charge in [0.1, 0.15) is 4.90 Å². The highest BCUT2D eigenvalue weighted by Gasteiger charge is 2.25. The van der Waals surface area contributed by atoms with E-state index in [1.165, 1.54) is 0 Å². The molecule has 1 fully saturated rings. The zero-order valence-corrected chi connectivity index (χ0v) is 13.8. The Kier molecular flexibility index (Phi) is 4.97. The SMILES string of the molecule is Cc1cc(Cl)c(C)c(S(=O)(=O)NCC2CCNC2)c1Cl. The molecule has 0 saturated carbocycles. The molecule has 2 N–H and O–H groups in total. The van der Waals surface area contributed by atoms with Gasteiger partial charge in [0.25, 0.3) is 0 Å². The third kappa shape index (κ3) is 3.28. The van der Waals surface area contributed by atoms with Crippen LogP contribution in [-0.4, -0.2) is 28.1 Å². The number of hydrogen-bond donors (Lipinski definition) is 2. The summed E-state index contributed by atoms with van der Waals surface area (Å²) in [5.41, 5.74) is 1.14. The summed E-state index contributed by atoms with van der Waals surface area (Å²) in [5, 5.41) is 3.86. The van der Waals surface area contributed by atoms with Crippen molar-refractivity contribution < 1.29 is 8.42 Å². The summed E-state index contributed by atoms with van der Waals surface area (Å²) in [6, 6.07) is 1.68. The van der Waals surface area contributed by atoms with Gasteiger partial charge in [0.15, 0.2) is 0 Å². The fraction of sp³-hybridized carbons (Fsp3) is 0.538. The molecule has 2 rings (SSSR count). The Morgan fingerprint density at radius 1 is 1.40 bits per heavy atom. The van der Waals surface area contributed by atoms with Crippen molar-refractivity contribution >= 4 is 33.2 Å². The molecule has 1 heterocycles. The van der Waals surface area contributed by atoms with E-state index in [2.05, 4.69) is 10.0 Å². The highest BCUT2D eigenvalue weighted by Crippen LogP contribution is 2.33. The summed E-state index contributed by atoms with van der Waals surface area (Å²) in [6.45, 7) is 5.59. The number of hydrogen-bond acceptors (Lipinski definition) is 3. The van der Waals surface area contributed by atoms with Gasteiger partial charge >= 0.3 is 0 Å². The predicted octanol–water partition coefficient (Wildman–Crippen LogP) is 2.50. The molecule has 112 valence electrons. The highest BCUT2D eigenvalue weighted by molar-refractivity contribution is 7.89. The second-order valence-electron chi connectivity index (χ2n) is 5.15. The molecule has 1 aliphatic rings. The van der Waals surface area contributed by atoms with Gasteiger partial charge in [0.05, 0.1) is 5.02 Å². The lowest BCUT2D eigenvalue weighted by Gasteiger charge is -2.15. The molecule has 1 aliphatic heterocycles. The van der Waals surface area contributed by atoms with Crippen LogP contribution in [0.5, 0.6) is 0 Å². The van der Waals surface area contributed by atoms with Crippen molar-refractivity contribution in [2.24, 2.45) is 5.92 Å². The van der Waals surface area contributed by atoms with Crippen LogP contribution in [0.3, 0.4) is 0 Å². The molecule has 1 aromatic carbocycles. The first kappa shape index (κ1) is 16.0. The standard InChI is InChI=1S/C13H18Cl2N2O2S/c1-8-5-11(14)9(2)13(12(8)15)20(18,19)17-7-10-3-4-16-6-10/h5,10,16-17H,3-4,6-7H2,1-2H3. The number of rotatable bonds is 4. The van der Waals surface area contributed by atoms with E-state index in [4.69, 9.17) is 23.2 Å². The van der Waals surface area contributed by atoms with Crippen molar-refractivity contribution in [2.75, 3.05) is 19.6 Å². The average molecular weight is 337 g/mol. The van der Waals surface area contributed by atoms with Crippen molar-refractivity contribution in [2.45, 2.75) is 25.2 Å². The molecule has 0 radical (unpaired) electrons. The molecule has 7 heteroatoms. The molecule has 0 aromatic heterocycles. The smallest absolute Gasteiger partial charge is 0.242 e. The van der Waals surface area contributed by atoms with E-state index < -0.39 is 10.0 Å². The van der Waals surface area contributed by atoms with Crippen molar-refractivity contribution in [3.05, 3.63) is 27.2 Å². The zero-order valence-electron chi connectivity index (χ0n) is 11.5. The summed E-state index contributed by atoms with van der Waals surface area (Å²) < 4.78 is 27.6. The lowest BCUT2D eigenvalue weighted by molar-refractivity contribution is 0.538. The number of halogens is 2. The zero-order chi connectivity index (χ0) is 14.9. The minimum atomic E-state index is -3.65. The van der Waals surface area contributed by atoms with Gasteiger partial charge in [0.2, 0.25) is 10.0 Å². The second-order valence-corrected chi connectivity index (χ2v) is 7.64. The summed E-state index contributed by atoms with van der Waals surface area (Å²) in [5.74, 6) is 0.323. The summed E-state index contributed by atoms with van der Waals surface area (Å²) >= 11 is 12.2. The van der Waals surface area contributed by atoms with E-state index in [9.17, 15) is 8.42 Å². The van der Waals surface area contributed by atoms with Gasteiger partial charge in [-0.2, -0.15) is 0 Å². The van der Waals surface area contributed by atoms with E-state index in [-0.39, 0.29) is 9.92 Å². The summed E-state index contributed by atoms with van der Waals surface area (Å²) in [7, 11) is -3.65. The maximum atomic E-state index is 12.5. The lowest BCUT2D eigenvalue weighted by atomic mass is 10.1. The fourth-order valence-electron chi connectivity index (χ4n) is 2.32. The van der Waals surface area contributed by atoms with Crippen LogP contribution in [0.25, 0.3) is 0 Å². The predicted molar refractivity (Wildman–Crippen MR) is 82.1 cm³/mol. The molecule has 4 nitrogen and oxygen atoms in total. The van der Waals surface area contributed by atoms with Crippen LogP contribution in [0.4, 0.5) is 0 Å². The number of benzene rings is 1. The molecule has 0 amide bonds.